The molecule has 1 N–H and O–H groups in total. The highest BCUT2D eigenvalue weighted by molar-refractivity contribution is 5.40. The molecule has 0 saturated heterocycles. The summed E-state index contributed by atoms with van der Waals surface area (Å²) in [5.74, 6) is 0. The third kappa shape index (κ3) is 0.946. The first-order chi connectivity index (χ1) is 3.93. The Morgan fingerprint density at radius 3 is 2.38 bits per heavy atom. The van der Waals surface area contributed by atoms with Crippen molar-refractivity contribution in [2.45, 2.75) is 0 Å². The molecule has 0 unspecified atom stereocenters. The largest absolute Gasteiger partial charge is 0.761 e. The van der Waals surface area contributed by atoms with Gasteiger partial charge < -0.3 is 10.7 Å². The molecule has 0 saturated carbocycles. The van der Waals surface area contributed by atoms with Crippen LogP contribution in [0.25, 0.3) is 0 Å². The predicted molar refractivity (Wildman–Crippen MR) is 31.2 cm³/mol. The number of pyridine rings is 1. The van der Waals surface area contributed by atoms with E-state index in [-0.39, 0.29) is 0 Å². The number of nitrogens with zero attached hydrogens (tertiary/aromatic N) is 1. The molecule has 1 rings (SSSR count). The minimum Gasteiger partial charge on any atom is -0.761 e. The van der Waals surface area contributed by atoms with E-state index in [0.717, 1.165) is 0 Å². The highest BCUT2D eigenvalue weighted by Crippen LogP contribution is 1.99. The highest BCUT2D eigenvalue weighted by Gasteiger charge is 1.75. The molecule has 0 bridgehead atoms. The van der Waals surface area contributed by atoms with Crippen molar-refractivity contribution in [3.63, 3.8) is 0 Å². The van der Waals surface area contributed by atoms with Gasteiger partial charge in [-0.05, 0) is 12.1 Å². The van der Waals surface area contributed by atoms with Crippen LogP contribution in [0.15, 0.2) is 24.5 Å². The fourth-order valence-electron chi connectivity index (χ4n) is 0.420. The molecule has 3 nitrogen and oxygen atoms in total. The van der Waals surface area contributed by atoms with Crippen molar-refractivity contribution < 1.29 is 0 Å². The van der Waals surface area contributed by atoms with E-state index in [2.05, 4.69) is 4.98 Å². The summed E-state index contributed by atoms with van der Waals surface area (Å²) >= 11 is 0. The minimum absolute atomic E-state index is 0.542. The maximum atomic E-state index is 9.85. The SMILES string of the molecule is [O-]Nc1ccncc1. The van der Waals surface area contributed by atoms with Crippen molar-refractivity contribution in [2.75, 3.05) is 5.48 Å². The van der Waals surface area contributed by atoms with E-state index >= 15 is 0 Å². The molecule has 0 spiro atoms. The Labute approximate surface area is 46.9 Å². The molecule has 1 heterocycles. The van der Waals surface area contributed by atoms with E-state index in [1.165, 1.54) is 0 Å². The fraction of sp³-hybridized carbons (Fsp3) is 0. The van der Waals surface area contributed by atoms with Crippen molar-refractivity contribution in [2.24, 2.45) is 0 Å². The summed E-state index contributed by atoms with van der Waals surface area (Å²) in [5.41, 5.74) is 2.28. The second-order valence-electron chi connectivity index (χ2n) is 1.34. The molecular formula is C5H5N2O-. The van der Waals surface area contributed by atoms with E-state index in [1.807, 2.05) is 0 Å². The van der Waals surface area contributed by atoms with E-state index < -0.39 is 0 Å². The lowest BCUT2D eigenvalue weighted by molar-refractivity contribution is 1.33. The Morgan fingerprint density at radius 2 is 2.00 bits per heavy atom. The molecule has 42 valence electrons. The zero-order valence-corrected chi connectivity index (χ0v) is 4.16. The topological polar surface area (TPSA) is 48.0 Å². The molecule has 0 aliphatic rings. The Balaban J connectivity index is 2.83. The van der Waals surface area contributed by atoms with E-state index in [9.17, 15) is 5.21 Å². The third-order valence-electron chi connectivity index (χ3n) is 0.798. The molecule has 0 radical (unpaired) electrons. The maximum absolute atomic E-state index is 9.85. The summed E-state index contributed by atoms with van der Waals surface area (Å²) in [6.45, 7) is 0. The smallest absolute Gasteiger partial charge is 0.0288 e. The lowest BCUT2D eigenvalue weighted by Gasteiger charge is -2.06. The van der Waals surface area contributed by atoms with Gasteiger partial charge in [0.25, 0.3) is 0 Å². The number of nitrogens with one attached hydrogen (secondary N) is 1. The molecule has 1 aromatic rings. The molecule has 0 aliphatic carbocycles. The predicted octanol–water partition coefficient (Wildman–Crippen LogP) is 0.991. The molecule has 0 atom stereocenters. The molecule has 1 aromatic heterocycles. The second-order valence-corrected chi connectivity index (χ2v) is 1.34. The van der Waals surface area contributed by atoms with Crippen molar-refractivity contribution in [1.29, 1.82) is 0 Å². The van der Waals surface area contributed by atoms with Gasteiger partial charge in [-0.2, -0.15) is 0 Å². The van der Waals surface area contributed by atoms with Crippen LogP contribution in [-0.4, -0.2) is 4.98 Å². The Bertz CT molecular complexity index is 152. The number of hydrogen-bond acceptors (Lipinski definition) is 3. The summed E-state index contributed by atoms with van der Waals surface area (Å²) in [5, 5.41) is 9.85. The van der Waals surface area contributed by atoms with Gasteiger partial charge in [0.1, 0.15) is 0 Å². The maximum Gasteiger partial charge on any atom is 0.0288 e. The summed E-state index contributed by atoms with van der Waals surface area (Å²) in [6.07, 6.45) is 3.11. The van der Waals surface area contributed by atoms with Gasteiger partial charge in [0.15, 0.2) is 0 Å². The molecular weight excluding hydrogens is 104 g/mol. The van der Waals surface area contributed by atoms with Gasteiger partial charge >= 0.3 is 0 Å². The van der Waals surface area contributed by atoms with Gasteiger partial charge in [-0.1, -0.05) is 0 Å². The zero-order chi connectivity index (χ0) is 5.82. The molecule has 3 heteroatoms. The monoisotopic (exact) mass is 109 g/mol. The fourth-order valence-corrected chi connectivity index (χ4v) is 0.420. The van der Waals surface area contributed by atoms with E-state index in [4.69, 9.17) is 0 Å². The number of anilines is 1. The van der Waals surface area contributed by atoms with Gasteiger partial charge in [-0.3, -0.25) is 4.98 Å². The lowest BCUT2D eigenvalue weighted by atomic mass is 10.4. The van der Waals surface area contributed by atoms with E-state index in [0.29, 0.717) is 5.69 Å². The molecule has 0 aromatic carbocycles. The average Bonchev–Trinajstić information content (AvgIpc) is 1.90. The van der Waals surface area contributed by atoms with E-state index in [1.54, 1.807) is 30.0 Å². The Morgan fingerprint density at radius 1 is 1.38 bits per heavy atom. The van der Waals surface area contributed by atoms with Crippen LogP contribution in [0.3, 0.4) is 0 Å². The molecule has 0 aliphatic heterocycles. The Hall–Kier alpha value is -1.09. The second kappa shape index (κ2) is 2.28. The van der Waals surface area contributed by atoms with Crippen molar-refractivity contribution in [1.82, 2.24) is 4.98 Å². The lowest BCUT2D eigenvalue weighted by Crippen LogP contribution is -1.82. The standard InChI is InChI=1S/C5H5N2O/c8-7-5-1-3-6-4-2-5/h1-4H,(H-,6,7,8)/q-1. The van der Waals surface area contributed by atoms with Gasteiger partial charge in [0.05, 0.1) is 0 Å². The first-order valence-corrected chi connectivity index (χ1v) is 2.21. The summed E-state index contributed by atoms with van der Waals surface area (Å²) in [7, 11) is 0. The zero-order valence-electron chi connectivity index (χ0n) is 4.16. The molecule has 0 fully saturated rings. The Kier molecular flexibility index (Phi) is 1.44. The van der Waals surface area contributed by atoms with Crippen LogP contribution >= 0.6 is 0 Å². The minimum atomic E-state index is 0.542. The number of aromatic nitrogens is 1. The van der Waals surface area contributed by atoms with Crippen molar-refractivity contribution >= 4 is 5.69 Å². The van der Waals surface area contributed by atoms with Gasteiger partial charge in [-0.25, -0.2) is 0 Å². The van der Waals surface area contributed by atoms with Crippen LogP contribution in [0.1, 0.15) is 0 Å². The first-order valence-electron chi connectivity index (χ1n) is 2.21. The van der Waals surface area contributed by atoms with Crippen LogP contribution < -0.4 is 5.48 Å². The van der Waals surface area contributed by atoms with Crippen LogP contribution in [-0.2, 0) is 0 Å². The summed E-state index contributed by atoms with van der Waals surface area (Å²) in [4.78, 5) is 3.71. The van der Waals surface area contributed by atoms with Crippen molar-refractivity contribution in [3.05, 3.63) is 29.7 Å². The summed E-state index contributed by atoms with van der Waals surface area (Å²) in [6, 6.07) is 3.21. The number of rotatable bonds is 1. The van der Waals surface area contributed by atoms with Gasteiger partial charge in [0, 0.05) is 18.1 Å². The van der Waals surface area contributed by atoms with Gasteiger partial charge in [-0.15, -0.1) is 0 Å². The summed E-state index contributed by atoms with van der Waals surface area (Å²) < 4.78 is 0. The average molecular weight is 109 g/mol. The van der Waals surface area contributed by atoms with Crippen LogP contribution in [0.2, 0.25) is 0 Å². The highest BCUT2D eigenvalue weighted by atomic mass is 16.5. The quantitative estimate of drug-likeness (QED) is 0.547. The molecule has 8 heavy (non-hydrogen) atoms. The van der Waals surface area contributed by atoms with Crippen LogP contribution in [0, 0.1) is 5.21 Å². The third-order valence-corrected chi connectivity index (χ3v) is 0.798. The normalized spacial score (nSPS) is 8.62. The van der Waals surface area contributed by atoms with Crippen LogP contribution in [0.5, 0.6) is 0 Å². The van der Waals surface area contributed by atoms with Gasteiger partial charge in [0.2, 0.25) is 0 Å². The van der Waals surface area contributed by atoms with Crippen molar-refractivity contribution in [3.8, 4) is 0 Å². The number of hydrogen-bond donors (Lipinski definition) is 1. The molecule has 0 amide bonds. The first kappa shape index (κ1) is 5.05. The van der Waals surface area contributed by atoms with Crippen LogP contribution in [0.4, 0.5) is 5.69 Å².